The van der Waals surface area contributed by atoms with Crippen LogP contribution in [0.3, 0.4) is 0 Å². The summed E-state index contributed by atoms with van der Waals surface area (Å²) in [5.74, 6) is 0.148. The summed E-state index contributed by atoms with van der Waals surface area (Å²) in [4.78, 5) is 24.7. The molecule has 0 amide bonds. The fourth-order valence-electron chi connectivity index (χ4n) is 2.40. The maximum Gasteiger partial charge on any atom is 0.263 e. The van der Waals surface area contributed by atoms with Crippen LogP contribution in [0.5, 0.6) is 0 Å². The second-order valence-electron chi connectivity index (χ2n) is 5.54. The molecular weight excluding hydrogens is 304 g/mol. The standard InChI is InChI=1S/C13H18N6O4/c1-18(2)6-14-13-16-11-7(12(22)17-13)4-15-19(11)10-3-8(21)9(5-20)23-10/h4,6,8-10,20-21H,3,5H2,1-2H3,(H,16,17,22)/b14-6+/t8-,9-,10-/m1/s1. The number of hydrogen-bond donors (Lipinski definition) is 3. The second kappa shape index (κ2) is 6.07. The van der Waals surface area contributed by atoms with Crippen LogP contribution in [0.2, 0.25) is 0 Å². The molecule has 10 heteroatoms. The molecule has 1 fully saturated rings. The number of fused-ring (bicyclic) bond motifs is 1. The first-order chi connectivity index (χ1) is 11.0. The maximum absolute atomic E-state index is 12.1. The van der Waals surface area contributed by atoms with Gasteiger partial charge in [0.25, 0.3) is 5.56 Å². The molecule has 0 bridgehead atoms. The Morgan fingerprint density at radius 3 is 3.04 bits per heavy atom. The second-order valence-corrected chi connectivity index (χ2v) is 5.54. The van der Waals surface area contributed by atoms with Crippen molar-refractivity contribution in [3.63, 3.8) is 0 Å². The molecule has 0 radical (unpaired) electrons. The van der Waals surface area contributed by atoms with Crippen molar-refractivity contribution in [2.45, 2.75) is 24.9 Å². The van der Waals surface area contributed by atoms with Crippen LogP contribution in [0.25, 0.3) is 11.0 Å². The van der Waals surface area contributed by atoms with Crippen LogP contribution >= 0.6 is 0 Å². The lowest BCUT2D eigenvalue weighted by atomic mass is 10.2. The number of aromatic nitrogens is 4. The first kappa shape index (κ1) is 15.6. The SMILES string of the molecule is CN(C)/C=N/c1nc2c(cnn2[C@H]2C[C@@H](O)[C@@H](CO)O2)c(=O)[nH]1. The monoisotopic (exact) mass is 322 g/mol. The third-order valence-corrected chi connectivity index (χ3v) is 3.52. The molecule has 10 nitrogen and oxygen atoms in total. The van der Waals surface area contributed by atoms with Gasteiger partial charge < -0.3 is 19.8 Å². The van der Waals surface area contributed by atoms with Crippen molar-refractivity contribution in [2.24, 2.45) is 4.99 Å². The summed E-state index contributed by atoms with van der Waals surface area (Å²) in [6.07, 6.45) is 1.10. The van der Waals surface area contributed by atoms with Gasteiger partial charge >= 0.3 is 0 Å². The number of ether oxygens (including phenoxy) is 1. The summed E-state index contributed by atoms with van der Waals surface area (Å²) >= 11 is 0. The van der Waals surface area contributed by atoms with Crippen molar-refractivity contribution in [3.8, 4) is 0 Å². The zero-order valence-electron chi connectivity index (χ0n) is 12.7. The Morgan fingerprint density at radius 1 is 1.61 bits per heavy atom. The Balaban J connectivity index is 2.00. The van der Waals surface area contributed by atoms with Gasteiger partial charge in [0, 0.05) is 20.5 Å². The zero-order chi connectivity index (χ0) is 16.6. The highest BCUT2D eigenvalue weighted by Gasteiger charge is 2.35. The number of rotatable bonds is 4. The van der Waals surface area contributed by atoms with Crippen molar-refractivity contribution in [1.82, 2.24) is 24.6 Å². The Morgan fingerprint density at radius 2 is 2.39 bits per heavy atom. The normalized spacial score (nSPS) is 24.8. The van der Waals surface area contributed by atoms with Gasteiger partial charge in [0.05, 0.1) is 25.2 Å². The van der Waals surface area contributed by atoms with Crippen LogP contribution in [0.4, 0.5) is 5.95 Å². The summed E-state index contributed by atoms with van der Waals surface area (Å²) < 4.78 is 6.98. The quantitative estimate of drug-likeness (QED) is 0.485. The number of aromatic amines is 1. The molecule has 1 aliphatic rings. The van der Waals surface area contributed by atoms with Gasteiger partial charge in [-0.3, -0.25) is 9.78 Å². The molecule has 3 N–H and O–H groups in total. The van der Waals surface area contributed by atoms with Crippen LogP contribution in [0.1, 0.15) is 12.6 Å². The van der Waals surface area contributed by atoms with E-state index in [-0.39, 0.29) is 24.5 Å². The third-order valence-electron chi connectivity index (χ3n) is 3.52. The zero-order valence-corrected chi connectivity index (χ0v) is 12.7. The maximum atomic E-state index is 12.1. The molecule has 3 heterocycles. The van der Waals surface area contributed by atoms with E-state index in [9.17, 15) is 9.90 Å². The van der Waals surface area contributed by atoms with E-state index < -0.39 is 18.4 Å². The molecule has 3 rings (SSSR count). The Hall–Kier alpha value is -2.30. The number of aliphatic imine (C=N–C) groups is 1. The van der Waals surface area contributed by atoms with E-state index in [2.05, 4.69) is 20.1 Å². The molecule has 0 aromatic carbocycles. The summed E-state index contributed by atoms with van der Waals surface area (Å²) in [6, 6.07) is 0. The topological polar surface area (TPSA) is 129 Å². The average Bonchev–Trinajstić information content (AvgIpc) is 3.08. The van der Waals surface area contributed by atoms with Crippen LogP contribution in [-0.2, 0) is 4.74 Å². The van der Waals surface area contributed by atoms with Crippen molar-refractivity contribution >= 4 is 23.3 Å². The Bertz CT molecular complexity index is 782. The van der Waals surface area contributed by atoms with E-state index in [1.807, 2.05) is 0 Å². The molecule has 124 valence electrons. The molecule has 0 spiro atoms. The van der Waals surface area contributed by atoms with E-state index in [4.69, 9.17) is 9.84 Å². The van der Waals surface area contributed by atoms with E-state index >= 15 is 0 Å². The number of hydrogen-bond acceptors (Lipinski definition) is 7. The van der Waals surface area contributed by atoms with Gasteiger partial charge in [-0.1, -0.05) is 0 Å². The molecular formula is C13H18N6O4. The van der Waals surface area contributed by atoms with E-state index in [1.54, 1.807) is 19.0 Å². The highest BCUT2D eigenvalue weighted by molar-refractivity contribution is 5.74. The predicted molar refractivity (Wildman–Crippen MR) is 81.6 cm³/mol. The van der Waals surface area contributed by atoms with Gasteiger partial charge in [-0.05, 0) is 0 Å². The minimum Gasteiger partial charge on any atom is -0.394 e. The molecule has 0 unspecified atom stereocenters. The molecule has 1 aliphatic heterocycles. The first-order valence-electron chi connectivity index (χ1n) is 7.12. The number of nitrogens with zero attached hydrogens (tertiary/aromatic N) is 5. The molecule has 3 atom stereocenters. The number of aliphatic hydroxyl groups excluding tert-OH is 2. The Labute approximate surface area is 131 Å². The minimum atomic E-state index is -0.794. The molecule has 1 saturated heterocycles. The van der Waals surface area contributed by atoms with Crippen molar-refractivity contribution in [2.75, 3.05) is 20.7 Å². The fraction of sp³-hybridized carbons (Fsp3) is 0.538. The highest BCUT2D eigenvalue weighted by Crippen LogP contribution is 2.29. The smallest absolute Gasteiger partial charge is 0.263 e. The molecule has 0 saturated carbocycles. The molecule has 23 heavy (non-hydrogen) atoms. The lowest BCUT2D eigenvalue weighted by molar-refractivity contribution is -0.0470. The summed E-state index contributed by atoms with van der Waals surface area (Å²) in [5.41, 5.74) is -0.0418. The van der Waals surface area contributed by atoms with E-state index in [1.165, 1.54) is 17.2 Å². The van der Waals surface area contributed by atoms with Crippen LogP contribution in [0, 0.1) is 0 Å². The average molecular weight is 322 g/mol. The summed E-state index contributed by atoms with van der Waals surface area (Å²) in [7, 11) is 3.60. The van der Waals surface area contributed by atoms with Crippen LogP contribution in [0.15, 0.2) is 16.0 Å². The highest BCUT2D eigenvalue weighted by atomic mass is 16.5. The Kier molecular flexibility index (Phi) is 4.11. The van der Waals surface area contributed by atoms with Crippen LogP contribution < -0.4 is 5.56 Å². The molecule has 0 aliphatic carbocycles. The number of H-pyrrole nitrogens is 1. The predicted octanol–water partition coefficient (Wildman–Crippen LogP) is -1.02. The van der Waals surface area contributed by atoms with Crippen molar-refractivity contribution in [1.29, 1.82) is 0 Å². The van der Waals surface area contributed by atoms with Gasteiger partial charge in [0.1, 0.15) is 11.5 Å². The summed E-state index contributed by atoms with van der Waals surface area (Å²) in [6.45, 7) is -0.288. The first-order valence-corrected chi connectivity index (χ1v) is 7.12. The van der Waals surface area contributed by atoms with E-state index in [0.29, 0.717) is 11.0 Å². The van der Waals surface area contributed by atoms with E-state index in [0.717, 1.165) is 0 Å². The molecule has 2 aromatic rings. The van der Waals surface area contributed by atoms with Gasteiger partial charge in [-0.25, -0.2) is 9.67 Å². The minimum absolute atomic E-state index is 0.148. The van der Waals surface area contributed by atoms with Crippen molar-refractivity contribution in [3.05, 3.63) is 16.6 Å². The summed E-state index contributed by atoms with van der Waals surface area (Å²) in [5, 5.41) is 23.4. The molecule has 2 aromatic heterocycles. The van der Waals surface area contributed by atoms with Gasteiger partial charge in [0.2, 0.25) is 5.95 Å². The lowest BCUT2D eigenvalue weighted by Crippen LogP contribution is -2.24. The van der Waals surface area contributed by atoms with Crippen molar-refractivity contribution < 1.29 is 14.9 Å². The largest absolute Gasteiger partial charge is 0.394 e. The van der Waals surface area contributed by atoms with Gasteiger partial charge in [0.15, 0.2) is 11.9 Å². The third kappa shape index (κ3) is 2.96. The lowest BCUT2D eigenvalue weighted by Gasteiger charge is -2.12. The van der Waals surface area contributed by atoms with Gasteiger partial charge in [-0.15, -0.1) is 0 Å². The number of aliphatic hydroxyl groups is 2. The van der Waals surface area contributed by atoms with Gasteiger partial charge in [-0.2, -0.15) is 10.1 Å². The fourth-order valence-corrected chi connectivity index (χ4v) is 2.40. The number of nitrogens with one attached hydrogen (secondary N) is 1. The van der Waals surface area contributed by atoms with Crippen LogP contribution in [-0.4, -0.2) is 74.1 Å².